The maximum Gasteiger partial charge on any atom is 0.343 e. The quantitative estimate of drug-likeness (QED) is 0.369. The predicted molar refractivity (Wildman–Crippen MR) is 106 cm³/mol. The van der Waals surface area contributed by atoms with E-state index in [-0.39, 0.29) is 22.3 Å². The Morgan fingerprint density at radius 3 is 2.59 bits per heavy atom. The number of esters is 1. The van der Waals surface area contributed by atoms with Crippen molar-refractivity contribution in [1.29, 1.82) is 0 Å². The Morgan fingerprint density at radius 1 is 0.966 bits per heavy atom. The van der Waals surface area contributed by atoms with Gasteiger partial charge in [-0.15, -0.1) is 0 Å². The smallest absolute Gasteiger partial charge is 0.343 e. The van der Waals surface area contributed by atoms with Crippen LogP contribution in [0.15, 0.2) is 82.2 Å². The molecule has 1 aromatic heterocycles. The molecule has 0 N–H and O–H groups in total. The third-order valence-electron chi connectivity index (χ3n) is 4.41. The molecule has 0 atom stereocenters. The number of fused-ring (bicyclic) bond motifs is 1. The van der Waals surface area contributed by atoms with E-state index < -0.39 is 11.8 Å². The Bertz CT molecular complexity index is 1280. The first-order valence-corrected chi connectivity index (χ1v) is 8.73. The molecule has 0 aliphatic carbocycles. The number of rotatable bonds is 4. The summed E-state index contributed by atoms with van der Waals surface area (Å²) in [6, 6.07) is 16.8. The van der Waals surface area contributed by atoms with Gasteiger partial charge in [0.15, 0.2) is 0 Å². The van der Waals surface area contributed by atoms with Gasteiger partial charge in [-0.2, -0.15) is 0 Å². The number of hydrogen-bond donors (Lipinski definition) is 0. The number of carbonyl (C=O) groups is 1. The molecule has 0 spiro atoms. The fourth-order valence-electron chi connectivity index (χ4n) is 3.01. The first-order valence-electron chi connectivity index (χ1n) is 8.73. The summed E-state index contributed by atoms with van der Waals surface area (Å²) in [7, 11) is 1.53. The largest absolute Gasteiger partial charge is 0.496 e. The third-order valence-corrected chi connectivity index (χ3v) is 4.41. The third kappa shape index (κ3) is 3.60. The van der Waals surface area contributed by atoms with E-state index in [9.17, 15) is 14.0 Å². The molecule has 0 saturated carbocycles. The van der Waals surface area contributed by atoms with Gasteiger partial charge in [0.2, 0.25) is 5.43 Å². The second-order valence-electron chi connectivity index (χ2n) is 6.24. The van der Waals surface area contributed by atoms with Crippen molar-refractivity contribution < 1.29 is 23.1 Å². The maximum absolute atomic E-state index is 13.3. The Kier molecular flexibility index (Phi) is 4.83. The lowest BCUT2D eigenvalue weighted by atomic mass is 10.0. The van der Waals surface area contributed by atoms with Crippen LogP contribution in [0.3, 0.4) is 0 Å². The zero-order valence-corrected chi connectivity index (χ0v) is 15.3. The van der Waals surface area contributed by atoms with E-state index in [2.05, 4.69) is 0 Å². The van der Waals surface area contributed by atoms with E-state index in [0.717, 1.165) is 6.07 Å². The monoisotopic (exact) mass is 390 g/mol. The molecule has 29 heavy (non-hydrogen) atoms. The Morgan fingerprint density at radius 2 is 1.79 bits per heavy atom. The van der Waals surface area contributed by atoms with Gasteiger partial charge in [0.25, 0.3) is 0 Å². The van der Waals surface area contributed by atoms with E-state index >= 15 is 0 Å². The van der Waals surface area contributed by atoms with Crippen LogP contribution in [0.2, 0.25) is 0 Å². The van der Waals surface area contributed by atoms with E-state index in [1.165, 1.54) is 49.8 Å². The fourth-order valence-corrected chi connectivity index (χ4v) is 3.01. The van der Waals surface area contributed by atoms with Crippen molar-refractivity contribution in [3.63, 3.8) is 0 Å². The zero-order chi connectivity index (χ0) is 20.4. The van der Waals surface area contributed by atoms with Gasteiger partial charge in [0.1, 0.15) is 29.2 Å². The molecular formula is C23H15FO5. The first-order chi connectivity index (χ1) is 14.1. The molecule has 0 radical (unpaired) electrons. The van der Waals surface area contributed by atoms with E-state index in [0.29, 0.717) is 22.3 Å². The standard InChI is InChI=1S/C23H15FO5/c1-27-20-8-3-2-7-17(20)19-13-28-21-12-16(9-10-18(21)22(19)25)29-23(26)14-5-4-6-15(24)11-14/h2-13H,1H3. The van der Waals surface area contributed by atoms with Crippen LogP contribution < -0.4 is 14.9 Å². The van der Waals surface area contributed by atoms with Crippen molar-refractivity contribution in [2.24, 2.45) is 0 Å². The van der Waals surface area contributed by atoms with Crippen LogP contribution in [0.1, 0.15) is 10.4 Å². The van der Waals surface area contributed by atoms with Crippen molar-refractivity contribution in [3.8, 4) is 22.6 Å². The summed E-state index contributed by atoms with van der Waals surface area (Å²) < 4.78 is 29.5. The number of para-hydroxylation sites is 1. The van der Waals surface area contributed by atoms with Gasteiger partial charge in [-0.1, -0.05) is 24.3 Å². The molecule has 1 heterocycles. The lowest BCUT2D eigenvalue weighted by Crippen LogP contribution is -2.09. The van der Waals surface area contributed by atoms with E-state index in [4.69, 9.17) is 13.9 Å². The second-order valence-corrected chi connectivity index (χ2v) is 6.24. The van der Waals surface area contributed by atoms with Crippen molar-refractivity contribution >= 4 is 16.9 Å². The molecule has 3 aromatic carbocycles. The predicted octanol–water partition coefficient (Wildman–Crippen LogP) is 4.83. The van der Waals surface area contributed by atoms with Gasteiger partial charge in [0, 0.05) is 11.6 Å². The highest BCUT2D eigenvalue weighted by Gasteiger charge is 2.15. The second kappa shape index (κ2) is 7.59. The van der Waals surface area contributed by atoms with Crippen LogP contribution in [-0.2, 0) is 0 Å². The maximum atomic E-state index is 13.3. The molecule has 0 aliphatic heterocycles. The summed E-state index contributed by atoms with van der Waals surface area (Å²) in [5.74, 6) is -0.510. The van der Waals surface area contributed by atoms with Crippen molar-refractivity contribution in [2.75, 3.05) is 7.11 Å². The fraction of sp³-hybridized carbons (Fsp3) is 0.0435. The Balaban J connectivity index is 1.69. The number of carbonyl (C=O) groups excluding carboxylic acids is 1. The van der Waals surface area contributed by atoms with Gasteiger partial charge >= 0.3 is 5.97 Å². The molecule has 4 rings (SSSR count). The first kappa shape index (κ1) is 18.4. The minimum atomic E-state index is -0.711. The molecule has 0 fully saturated rings. The van der Waals surface area contributed by atoms with Crippen LogP contribution in [0, 0.1) is 5.82 Å². The van der Waals surface area contributed by atoms with Gasteiger partial charge < -0.3 is 13.9 Å². The average Bonchev–Trinajstić information content (AvgIpc) is 2.74. The zero-order valence-electron chi connectivity index (χ0n) is 15.3. The number of ether oxygens (including phenoxy) is 2. The molecular weight excluding hydrogens is 375 g/mol. The van der Waals surface area contributed by atoms with Gasteiger partial charge in [-0.05, 0) is 36.4 Å². The summed E-state index contributed by atoms with van der Waals surface area (Å²) in [6.07, 6.45) is 1.35. The average molecular weight is 390 g/mol. The minimum Gasteiger partial charge on any atom is -0.496 e. The molecule has 0 amide bonds. The highest BCUT2D eigenvalue weighted by molar-refractivity contribution is 5.92. The summed E-state index contributed by atoms with van der Waals surface area (Å²) in [4.78, 5) is 25.1. The number of halogens is 1. The summed E-state index contributed by atoms with van der Waals surface area (Å²) in [5.41, 5.74) is 1.08. The molecule has 0 aliphatic rings. The number of benzene rings is 3. The highest BCUT2D eigenvalue weighted by Crippen LogP contribution is 2.29. The van der Waals surface area contributed by atoms with Crippen molar-refractivity contribution in [3.05, 3.63) is 94.6 Å². The van der Waals surface area contributed by atoms with Crippen LogP contribution >= 0.6 is 0 Å². The molecule has 6 heteroatoms. The topological polar surface area (TPSA) is 65.7 Å². The number of hydrogen-bond acceptors (Lipinski definition) is 5. The lowest BCUT2D eigenvalue weighted by molar-refractivity contribution is 0.0734. The van der Waals surface area contributed by atoms with Crippen LogP contribution in [-0.4, -0.2) is 13.1 Å². The van der Waals surface area contributed by atoms with Crippen LogP contribution in [0.25, 0.3) is 22.1 Å². The Hall–Kier alpha value is -3.93. The number of methoxy groups -OCH3 is 1. The van der Waals surface area contributed by atoms with E-state index in [1.54, 1.807) is 18.2 Å². The summed E-state index contributed by atoms with van der Waals surface area (Å²) in [6.45, 7) is 0. The molecule has 0 saturated heterocycles. The summed E-state index contributed by atoms with van der Waals surface area (Å²) >= 11 is 0. The van der Waals surface area contributed by atoms with Crippen LogP contribution in [0.4, 0.5) is 4.39 Å². The Labute approximate surface area is 164 Å². The minimum absolute atomic E-state index is 0.0815. The van der Waals surface area contributed by atoms with Gasteiger partial charge in [0.05, 0.1) is 23.6 Å². The van der Waals surface area contributed by atoms with Crippen LogP contribution in [0.5, 0.6) is 11.5 Å². The van der Waals surface area contributed by atoms with E-state index in [1.807, 2.05) is 6.07 Å². The van der Waals surface area contributed by atoms with Crippen molar-refractivity contribution in [2.45, 2.75) is 0 Å². The van der Waals surface area contributed by atoms with Crippen molar-refractivity contribution in [1.82, 2.24) is 0 Å². The summed E-state index contributed by atoms with van der Waals surface area (Å²) in [5, 5.41) is 0.332. The van der Waals surface area contributed by atoms with Gasteiger partial charge in [-0.25, -0.2) is 9.18 Å². The molecule has 0 bridgehead atoms. The highest BCUT2D eigenvalue weighted by atomic mass is 19.1. The molecule has 144 valence electrons. The van der Waals surface area contributed by atoms with Gasteiger partial charge in [-0.3, -0.25) is 4.79 Å². The lowest BCUT2D eigenvalue weighted by Gasteiger charge is -2.09. The SMILES string of the molecule is COc1ccccc1-c1coc2cc(OC(=O)c3cccc(F)c3)ccc2c1=O. The molecule has 4 aromatic rings. The normalized spacial score (nSPS) is 10.7. The molecule has 0 unspecified atom stereocenters. The molecule has 5 nitrogen and oxygen atoms in total.